The zero-order valence-electron chi connectivity index (χ0n) is 33.4. The molecule has 1 atom stereocenters. The summed E-state index contributed by atoms with van der Waals surface area (Å²) in [6.07, 6.45) is 2.10. The Morgan fingerprint density at radius 1 is 0.667 bits per heavy atom. The van der Waals surface area contributed by atoms with Crippen molar-refractivity contribution in [3.8, 4) is 0 Å². The fraction of sp³-hybridized carbons (Fsp3) is 0.262. The first-order valence-corrected chi connectivity index (χ1v) is 19.1. The number of rotatable bonds is 6. The molecule has 1 unspecified atom stereocenters. The van der Waals surface area contributed by atoms with Gasteiger partial charge >= 0.3 is 22.5 Å². The summed E-state index contributed by atoms with van der Waals surface area (Å²) < 4.78 is 23.0. The Bertz CT molecular complexity index is 2440. The number of carbonyl (C=O) groups excluding carboxylic acids is 3. The van der Waals surface area contributed by atoms with E-state index in [1.165, 1.54) is 12.4 Å². The van der Waals surface area contributed by atoms with Crippen LogP contribution in [0.25, 0.3) is 22.1 Å². The maximum atomic E-state index is 12.8. The fourth-order valence-corrected chi connectivity index (χ4v) is 5.11. The number of nitrogens with zero attached hydrogens (tertiary/aromatic N) is 4. The summed E-state index contributed by atoms with van der Waals surface area (Å²) >= 11 is 10.3. The number of benzene rings is 4. The van der Waals surface area contributed by atoms with Crippen molar-refractivity contribution in [2.45, 2.75) is 61.5 Å². The number of carbonyl (C=O) groups is 3. The molecule has 2 amide bonds. The molecular weight excluding hydrogens is 810 g/mol. The number of aliphatic hydroxyl groups excluding tert-OH is 1. The monoisotopic (exact) mass is 854 g/mol. The molecule has 299 valence electrons. The van der Waals surface area contributed by atoms with Crippen molar-refractivity contribution < 1.29 is 43.4 Å². The molecule has 6 rings (SSSR count). The van der Waals surface area contributed by atoms with Crippen LogP contribution in [0, 0.1) is 10.8 Å². The summed E-state index contributed by atoms with van der Waals surface area (Å²) in [5, 5.41) is 17.0. The molecule has 0 aliphatic heterocycles. The van der Waals surface area contributed by atoms with Crippen LogP contribution >= 0.6 is 23.2 Å². The van der Waals surface area contributed by atoms with Gasteiger partial charge in [-0.2, -0.15) is 0 Å². The molecule has 6 aromatic rings. The zero-order valence-corrected chi connectivity index (χ0v) is 35.1. The molecule has 4 aromatic carbocycles. The van der Waals surface area contributed by atoms with Gasteiger partial charge in [-0.1, -0.05) is 109 Å². The van der Waals surface area contributed by atoms with Gasteiger partial charge in [0.25, 0.3) is 0 Å². The number of aromatic nitrogens is 4. The van der Waals surface area contributed by atoms with E-state index in [0.717, 1.165) is 0 Å². The van der Waals surface area contributed by atoms with Gasteiger partial charge in [0.2, 0.25) is 11.8 Å². The minimum atomic E-state index is -1.44. The molecule has 15 heteroatoms. The molecule has 0 radical (unpaired) electrons. The predicted molar refractivity (Wildman–Crippen MR) is 218 cm³/mol. The third-order valence-corrected chi connectivity index (χ3v) is 8.20. The van der Waals surface area contributed by atoms with E-state index >= 15 is 0 Å². The Balaban J connectivity index is 0.000000273. The van der Waals surface area contributed by atoms with Crippen LogP contribution in [0.4, 0.5) is 11.4 Å². The Hall–Kier alpha value is -5.17. The molecule has 0 bridgehead atoms. The second-order valence-electron chi connectivity index (χ2n) is 14.2. The van der Waals surface area contributed by atoms with E-state index in [0.29, 0.717) is 67.7 Å². The first kappa shape index (κ1) is 44.5. The first-order chi connectivity index (χ1) is 27.3. The molecule has 0 saturated carbocycles. The molecule has 0 aliphatic rings. The number of hydrogen-bond donors (Lipinski definition) is 3. The molecule has 57 heavy (non-hydrogen) atoms. The fourth-order valence-electron chi connectivity index (χ4n) is 4.83. The molecular formula is C42H44Cl2MnN6O6. The van der Waals surface area contributed by atoms with E-state index in [4.69, 9.17) is 32.2 Å². The number of anilines is 2. The van der Waals surface area contributed by atoms with Gasteiger partial charge in [0.15, 0.2) is 5.78 Å². The van der Waals surface area contributed by atoms with Crippen LogP contribution < -0.4 is 10.6 Å². The van der Waals surface area contributed by atoms with E-state index in [1.54, 1.807) is 85.8 Å². The molecule has 2 aromatic heterocycles. The minimum absolute atomic E-state index is 0.0836. The molecule has 3 N–H and O–H groups in total. The summed E-state index contributed by atoms with van der Waals surface area (Å²) in [6.45, 7) is 13.3. The normalized spacial score (nSPS) is 11.6. The van der Waals surface area contributed by atoms with Gasteiger partial charge in [0, 0.05) is 34.7 Å². The van der Waals surface area contributed by atoms with Gasteiger partial charge in [0.1, 0.15) is 16.4 Å². The first-order valence-electron chi connectivity index (χ1n) is 18.1. The van der Waals surface area contributed by atoms with E-state index in [-0.39, 0.29) is 22.8 Å². The van der Waals surface area contributed by atoms with Crippen molar-refractivity contribution in [3.63, 3.8) is 0 Å². The van der Waals surface area contributed by atoms with Crippen LogP contribution in [0.5, 0.6) is 0 Å². The van der Waals surface area contributed by atoms with Crippen LogP contribution in [-0.4, -0.2) is 42.6 Å². The SMILES string of the molecule is CC(C)(C)C(=O)Nc1cccc(C(=O)c2ccc3ncc(Cl)nc3c2)c1.CC(C)(C)C(=O)Nc1cccc(C(O)c2ccc3ncc(Cl)nc3c2)c1.[2H]CC.[O]=[Mn]=[O]. The number of aliphatic hydroxyl groups is 1. The van der Waals surface area contributed by atoms with Gasteiger partial charge < -0.3 is 15.7 Å². The molecule has 0 fully saturated rings. The van der Waals surface area contributed by atoms with Gasteiger partial charge in [0.05, 0.1) is 34.5 Å². The number of nitrogens with one attached hydrogen (secondary N) is 2. The Labute approximate surface area is 348 Å². The predicted octanol–water partition coefficient (Wildman–Crippen LogP) is 9.63. The van der Waals surface area contributed by atoms with Crippen LogP contribution in [0.15, 0.2) is 97.3 Å². The third kappa shape index (κ3) is 13.5. The van der Waals surface area contributed by atoms with Crippen molar-refractivity contribution in [2.24, 2.45) is 10.8 Å². The standard InChI is InChI=1S/C20H20ClN3O2.C20H18ClN3O2.C2H6.Mn.2O/c2*1-20(2,3)19(26)23-14-6-4-5-12(9-14)18(25)13-7-8-15-16(10-13)24-17(21)11-22-15;1-2;;;/h4-11,18,25H,1-3H3,(H,23,26);4-11H,1-3H3,(H,23,26);1-2H3;;;/i;;1D;;;. The number of halogens is 2. The average molecular weight is 856 g/mol. The number of fused-ring (bicyclic) bond motifs is 2. The zero-order chi connectivity index (χ0) is 43.2. The summed E-state index contributed by atoms with van der Waals surface area (Å²) in [5.41, 5.74) is 5.06. The summed E-state index contributed by atoms with van der Waals surface area (Å²) in [7, 11) is 0. The van der Waals surface area contributed by atoms with Crippen LogP contribution in [-0.2, 0) is 32.1 Å². The molecule has 0 aliphatic carbocycles. The van der Waals surface area contributed by atoms with Gasteiger partial charge in [-0.05, 0) is 65.7 Å². The van der Waals surface area contributed by atoms with E-state index < -0.39 is 31.8 Å². The van der Waals surface area contributed by atoms with Crippen molar-refractivity contribution in [3.05, 3.63) is 130 Å². The molecule has 0 saturated heterocycles. The number of ketones is 1. The van der Waals surface area contributed by atoms with Gasteiger partial charge in [-0.3, -0.25) is 24.4 Å². The summed E-state index contributed by atoms with van der Waals surface area (Å²) in [4.78, 5) is 53.9. The maximum absolute atomic E-state index is 12.8. The Morgan fingerprint density at radius 3 is 1.63 bits per heavy atom. The van der Waals surface area contributed by atoms with E-state index in [1.807, 2.05) is 47.6 Å². The van der Waals surface area contributed by atoms with Crippen molar-refractivity contribution in [1.82, 2.24) is 19.9 Å². The van der Waals surface area contributed by atoms with Crippen molar-refractivity contribution in [1.29, 1.82) is 0 Å². The third-order valence-electron chi connectivity index (χ3n) is 7.83. The quantitative estimate of drug-likeness (QED) is 0.108. The second-order valence-corrected chi connectivity index (χ2v) is 15.2. The average Bonchev–Trinajstić information content (AvgIpc) is 3.17. The van der Waals surface area contributed by atoms with Crippen LogP contribution in [0.2, 0.25) is 10.3 Å². The van der Waals surface area contributed by atoms with Crippen LogP contribution in [0.3, 0.4) is 0 Å². The van der Waals surface area contributed by atoms with Crippen molar-refractivity contribution >= 4 is 74.2 Å². The Morgan fingerprint density at radius 2 is 1.11 bits per heavy atom. The molecule has 12 nitrogen and oxygen atoms in total. The summed E-state index contributed by atoms with van der Waals surface area (Å²) in [5.74, 6) is -0.363. The van der Waals surface area contributed by atoms with E-state index in [9.17, 15) is 19.5 Å². The van der Waals surface area contributed by atoms with Crippen molar-refractivity contribution in [2.75, 3.05) is 10.6 Å². The molecule has 2 heterocycles. The number of hydrogen-bond acceptors (Lipinski definition) is 10. The second kappa shape index (κ2) is 20.8. The van der Waals surface area contributed by atoms with Gasteiger partial charge in [-0.25, -0.2) is 9.97 Å². The topological polar surface area (TPSA) is 181 Å². The number of amides is 2. The van der Waals surface area contributed by atoms with Gasteiger partial charge in [-0.15, -0.1) is 0 Å². The molecule has 0 spiro atoms. The summed E-state index contributed by atoms with van der Waals surface area (Å²) in [6, 6.07) is 24.5. The van der Waals surface area contributed by atoms with E-state index in [2.05, 4.69) is 30.6 Å². The van der Waals surface area contributed by atoms with Crippen LogP contribution in [0.1, 0.15) is 89.9 Å². The Kier molecular flexibility index (Phi) is 16.3.